The van der Waals surface area contributed by atoms with Crippen LogP contribution in [0.1, 0.15) is 30.5 Å². The molecule has 1 aromatic carbocycles. The number of carbonyl (C=O) groups is 1. The first-order chi connectivity index (χ1) is 9.82. The number of halogens is 4. The lowest BCUT2D eigenvalue weighted by atomic mass is 10.0. The summed E-state index contributed by atoms with van der Waals surface area (Å²) in [6, 6.07) is 1.47. The van der Waals surface area contributed by atoms with Gasteiger partial charge < -0.3 is 5.32 Å². The van der Waals surface area contributed by atoms with Crippen LogP contribution in [-0.2, 0) is 11.0 Å². The van der Waals surface area contributed by atoms with Crippen LogP contribution in [0.4, 0.5) is 17.6 Å². The molecule has 21 heavy (non-hydrogen) atoms. The van der Waals surface area contributed by atoms with Gasteiger partial charge in [-0.1, -0.05) is 13.0 Å². The molecule has 0 spiro atoms. The van der Waals surface area contributed by atoms with Crippen LogP contribution < -0.4 is 10.6 Å². The summed E-state index contributed by atoms with van der Waals surface area (Å²) < 4.78 is 51.2. The Labute approximate surface area is 118 Å². The topological polar surface area (TPSA) is 53.5 Å². The zero-order valence-corrected chi connectivity index (χ0v) is 11.1. The number of benzene rings is 1. The van der Waals surface area contributed by atoms with Gasteiger partial charge in [-0.3, -0.25) is 15.1 Å². The highest BCUT2D eigenvalue weighted by Crippen LogP contribution is 2.33. The van der Waals surface area contributed by atoms with E-state index in [-0.39, 0.29) is 11.5 Å². The molecule has 2 rings (SSSR count). The third-order valence-electron chi connectivity index (χ3n) is 2.91. The van der Waals surface area contributed by atoms with Gasteiger partial charge in [0.25, 0.3) is 5.91 Å². The van der Waals surface area contributed by atoms with Gasteiger partial charge >= 0.3 is 6.18 Å². The number of hydrogen-bond acceptors (Lipinski definition) is 2. The predicted molar refractivity (Wildman–Crippen MR) is 68.0 cm³/mol. The Bertz CT molecular complexity index is 583. The zero-order chi connectivity index (χ0) is 15.6. The summed E-state index contributed by atoms with van der Waals surface area (Å²) >= 11 is 0. The van der Waals surface area contributed by atoms with E-state index < -0.39 is 29.5 Å². The molecule has 8 heteroatoms. The normalized spacial score (nSPS) is 20.5. The van der Waals surface area contributed by atoms with Crippen LogP contribution in [0.2, 0.25) is 0 Å². The number of aliphatic imine (C=N–C) groups is 1. The van der Waals surface area contributed by atoms with E-state index in [9.17, 15) is 22.4 Å². The second kappa shape index (κ2) is 5.71. The molecule has 0 aromatic heterocycles. The number of alkyl halides is 3. The summed E-state index contributed by atoms with van der Waals surface area (Å²) in [5.74, 6) is -1.68. The van der Waals surface area contributed by atoms with Crippen molar-refractivity contribution in [2.75, 3.05) is 6.54 Å². The fourth-order valence-electron chi connectivity index (χ4n) is 1.91. The average Bonchev–Trinajstić information content (AvgIpc) is 2.77. The van der Waals surface area contributed by atoms with E-state index in [1.54, 1.807) is 0 Å². The van der Waals surface area contributed by atoms with Gasteiger partial charge in [-0.15, -0.1) is 0 Å². The number of nitrogens with zero attached hydrogens (tertiary/aromatic N) is 1. The largest absolute Gasteiger partial charge is 0.419 e. The molecule has 0 aliphatic carbocycles. The number of hydrogen-bond donors (Lipinski definition) is 2. The molecular weight excluding hydrogens is 290 g/mol. The molecule has 114 valence electrons. The zero-order valence-electron chi connectivity index (χ0n) is 11.1. The molecule has 0 radical (unpaired) electrons. The standard InChI is InChI=1S/C13H13F4N3O/c1-2-5-18-12-19-10(11(21)20-12)7-3-4-9(14)8(6-7)13(15,16)17/h3-4,6,10H,2,5H2,1H3,(H2,18,19,20,21). The molecule has 1 heterocycles. The Morgan fingerprint density at radius 3 is 2.67 bits per heavy atom. The minimum absolute atomic E-state index is 0.0305. The van der Waals surface area contributed by atoms with Crippen molar-refractivity contribution in [3.8, 4) is 0 Å². The molecule has 1 aliphatic rings. The first kappa shape index (κ1) is 15.3. The van der Waals surface area contributed by atoms with Gasteiger partial charge in [0.15, 0.2) is 5.96 Å². The van der Waals surface area contributed by atoms with E-state index >= 15 is 0 Å². The lowest BCUT2D eigenvalue weighted by Crippen LogP contribution is -2.25. The van der Waals surface area contributed by atoms with E-state index in [1.807, 2.05) is 6.92 Å². The molecular formula is C13H13F4N3O. The predicted octanol–water partition coefficient (Wildman–Crippen LogP) is 2.37. The second-order valence-electron chi connectivity index (χ2n) is 4.53. The van der Waals surface area contributed by atoms with Crippen molar-refractivity contribution < 1.29 is 22.4 Å². The number of carbonyl (C=O) groups excluding carboxylic acids is 1. The van der Waals surface area contributed by atoms with Crippen molar-refractivity contribution in [3.63, 3.8) is 0 Å². The van der Waals surface area contributed by atoms with Crippen LogP contribution in [0.5, 0.6) is 0 Å². The Kier molecular flexibility index (Phi) is 4.15. The molecule has 1 unspecified atom stereocenters. The van der Waals surface area contributed by atoms with E-state index in [2.05, 4.69) is 15.6 Å². The van der Waals surface area contributed by atoms with Crippen molar-refractivity contribution >= 4 is 11.9 Å². The maximum Gasteiger partial charge on any atom is 0.419 e. The van der Waals surface area contributed by atoms with Crippen molar-refractivity contribution in [2.45, 2.75) is 25.6 Å². The molecule has 1 amide bonds. The van der Waals surface area contributed by atoms with Gasteiger partial charge in [0.1, 0.15) is 11.9 Å². The Balaban J connectivity index is 2.29. The van der Waals surface area contributed by atoms with E-state index in [4.69, 9.17) is 0 Å². The van der Waals surface area contributed by atoms with Crippen molar-refractivity contribution in [3.05, 3.63) is 35.1 Å². The monoisotopic (exact) mass is 303 g/mol. The van der Waals surface area contributed by atoms with Gasteiger partial charge in [-0.2, -0.15) is 13.2 Å². The van der Waals surface area contributed by atoms with Gasteiger partial charge in [-0.25, -0.2) is 4.39 Å². The maximum atomic E-state index is 13.2. The van der Waals surface area contributed by atoms with E-state index in [0.29, 0.717) is 18.7 Å². The number of amides is 1. The lowest BCUT2D eigenvalue weighted by Gasteiger charge is -2.13. The minimum atomic E-state index is -4.81. The fraction of sp³-hybridized carbons (Fsp3) is 0.385. The average molecular weight is 303 g/mol. The van der Waals surface area contributed by atoms with E-state index in [1.165, 1.54) is 0 Å². The van der Waals surface area contributed by atoms with E-state index in [0.717, 1.165) is 12.5 Å². The van der Waals surface area contributed by atoms with Gasteiger partial charge in [0.2, 0.25) is 0 Å². The third kappa shape index (κ3) is 3.32. The highest BCUT2D eigenvalue weighted by Gasteiger charge is 2.36. The highest BCUT2D eigenvalue weighted by molar-refractivity contribution is 6.06. The van der Waals surface area contributed by atoms with Gasteiger partial charge in [0, 0.05) is 6.54 Å². The highest BCUT2D eigenvalue weighted by atomic mass is 19.4. The summed E-state index contributed by atoms with van der Waals surface area (Å²) in [5.41, 5.74) is -1.36. The summed E-state index contributed by atoms with van der Waals surface area (Å²) in [4.78, 5) is 15.8. The molecule has 1 saturated heterocycles. The molecule has 4 nitrogen and oxygen atoms in total. The molecule has 1 aliphatic heterocycles. The van der Waals surface area contributed by atoms with Crippen molar-refractivity contribution in [1.82, 2.24) is 10.6 Å². The first-order valence-electron chi connectivity index (χ1n) is 6.31. The summed E-state index contributed by atoms with van der Waals surface area (Å²) in [7, 11) is 0. The lowest BCUT2D eigenvalue weighted by molar-refractivity contribution is -0.140. The number of guanidine groups is 1. The van der Waals surface area contributed by atoms with Crippen molar-refractivity contribution in [1.29, 1.82) is 0 Å². The Morgan fingerprint density at radius 1 is 1.33 bits per heavy atom. The Hall–Kier alpha value is -2.12. The van der Waals surface area contributed by atoms with Crippen molar-refractivity contribution in [2.24, 2.45) is 4.99 Å². The molecule has 2 N–H and O–H groups in total. The molecule has 1 fully saturated rings. The second-order valence-corrected chi connectivity index (χ2v) is 4.53. The van der Waals surface area contributed by atoms with Crippen LogP contribution >= 0.6 is 0 Å². The smallest absolute Gasteiger partial charge is 0.340 e. The third-order valence-corrected chi connectivity index (χ3v) is 2.91. The minimum Gasteiger partial charge on any atom is -0.340 e. The summed E-state index contributed by atoms with van der Waals surface area (Å²) in [6.45, 7) is 2.38. The summed E-state index contributed by atoms with van der Waals surface area (Å²) in [6.07, 6.45) is -4.05. The Morgan fingerprint density at radius 2 is 2.05 bits per heavy atom. The number of rotatable bonds is 3. The van der Waals surface area contributed by atoms with Crippen LogP contribution in [0, 0.1) is 5.82 Å². The SMILES string of the molecule is CCCN=C1NC(=O)C(c2ccc(F)c(C(F)(F)F)c2)N1. The van der Waals surface area contributed by atoms with Crippen LogP contribution in [0.25, 0.3) is 0 Å². The quantitative estimate of drug-likeness (QED) is 0.842. The van der Waals surface area contributed by atoms with Crippen LogP contribution in [-0.4, -0.2) is 18.4 Å². The van der Waals surface area contributed by atoms with Gasteiger partial charge in [0.05, 0.1) is 5.56 Å². The molecule has 1 atom stereocenters. The molecule has 0 saturated carbocycles. The first-order valence-corrected chi connectivity index (χ1v) is 6.31. The number of nitrogens with one attached hydrogen (secondary N) is 2. The van der Waals surface area contributed by atoms with Crippen LogP contribution in [0.3, 0.4) is 0 Å². The molecule has 1 aromatic rings. The molecule has 0 bridgehead atoms. The fourth-order valence-corrected chi connectivity index (χ4v) is 1.91. The van der Waals surface area contributed by atoms with Gasteiger partial charge in [-0.05, 0) is 24.1 Å². The summed E-state index contributed by atoms with van der Waals surface area (Å²) in [5, 5.41) is 5.12. The maximum absolute atomic E-state index is 13.2. The van der Waals surface area contributed by atoms with Crippen LogP contribution in [0.15, 0.2) is 23.2 Å².